The molecule has 0 amide bonds. The largest absolute Gasteiger partial charge is 0.465 e. The summed E-state index contributed by atoms with van der Waals surface area (Å²) in [5.74, 6) is -4.42. The van der Waals surface area contributed by atoms with E-state index in [0.29, 0.717) is 10.8 Å². The number of hydrogen-bond acceptors (Lipinski definition) is 2. The summed E-state index contributed by atoms with van der Waals surface area (Å²) in [5, 5.41) is 0. The van der Waals surface area contributed by atoms with Gasteiger partial charge in [0, 0.05) is 17.3 Å². The van der Waals surface area contributed by atoms with E-state index in [1.54, 1.807) is 0 Å². The van der Waals surface area contributed by atoms with Crippen LogP contribution in [0, 0.1) is 11.8 Å². The first-order chi connectivity index (χ1) is 6.00. The van der Waals surface area contributed by atoms with Crippen LogP contribution in [0.4, 0.5) is 8.78 Å². The van der Waals surface area contributed by atoms with E-state index in [1.165, 1.54) is 6.92 Å². The summed E-state index contributed by atoms with van der Waals surface area (Å²) in [5.41, 5.74) is 0. The molecule has 5 heteroatoms. The molecule has 0 aliphatic heterocycles. The van der Waals surface area contributed by atoms with Gasteiger partial charge in [-0.15, -0.1) is 0 Å². The van der Waals surface area contributed by atoms with Gasteiger partial charge in [-0.1, -0.05) is 22.6 Å². The van der Waals surface area contributed by atoms with E-state index >= 15 is 0 Å². The number of ether oxygens (including phenoxy) is 1. The highest BCUT2D eigenvalue weighted by atomic mass is 127. The molecule has 1 aliphatic carbocycles. The SMILES string of the molecule is CC(=O)OC[C@H]1[C@@H](CCI)C1(F)F. The summed E-state index contributed by atoms with van der Waals surface area (Å²) in [6, 6.07) is 0. The molecule has 2 nitrogen and oxygen atoms in total. The summed E-state index contributed by atoms with van der Waals surface area (Å²) in [7, 11) is 0. The molecule has 1 aliphatic rings. The first-order valence-corrected chi connectivity index (χ1v) is 5.59. The lowest BCUT2D eigenvalue weighted by atomic mass is 10.3. The minimum Gasteiger partial charge on any atom is -0.465 e. The number of esters is 1. The van der Waals surface area contributed by atoms with E-state index < -0.39 is 23.7 Å². The maximum Gasteiger partial charge on any atom is 0.302 e. The Bertz CT molecular complexity index is 208. The van der Waals surface area contributed by atoms with E-state index in [9.17, 15) is 13.6 Å². The maximum absolute atomic E-state index is 12.9. The van der Waals surface area contributed by atoms with Crippen LogP contribution >= 0.6 is 22.6 Å². The van der Waals surface area contributed by atoms with Crippen LogP contribution < -0.4 is 0 Å². The first-order valence-electron chi connectivity index (χ1n) is 4.07. The summed E-state index contributed by atoms with van der Waals surface area (Å²) in [4.78, 5) is 10.4. The van der Waals surface area contributed by atoms with Crippen LogP contribution in [0.3, 0.4) is 0 Å². The van der Waals surface area contributed by atoms with Crippen LogP contribution in [0.1, 0.15) is 13.3 Å². The van der Waals surface area contributed by atoms with Crippen LogP contribution in [-0.2, 0) is 9.53 Å². The van der Waals surface area contributed by atoms with Crippen LogP contribution in [0.25, 0.3) is 0 Å². The molecule has 1 rings (SSSR count). The van der Waals surface area contributed by atoms with Gasteiger partial charge in [0.25, 0.3) is 5.92 Å². The molecular formula is C8H11F2IO2. The van der Waals surface area contributed by atoms with E-state index in [-0.39, 0.29) is 6.61 Å². The van der Waals surface area contributed by atoms with Crippen molar-refractivity contribution < 1.29 is 18.3 Å². The lowest BCUT2D eigenvalue weighted by molar-refractivity contribution is -0.142. The van der Waals surface area contributed by atoms with Crippen molar-refractivity contribution in [2.24, 2.45) is 11.8 Å². The molecule has 1 saturated carbocycles. The zero-order chi connectivity index (χ0) is 10.1. The number of rotatable bonds is 4. The smallest absolute Gasteiger partial charge is 0.302 e. The Balaban J connectivity index is 2.32. The molecule has 0 spiro atoms. The second-order valence-corrected chi connectivity index (χ2v) is 4.25. The summed E-state index contributed by atoms with van der Waals surface area (Å²) in [6.45, 7) is 1.09. The van der Waals surface area contributed by atoms with Crippen LogP contribution in [0.15, 0.2) is 0 Å². The fourth-order valence-corrected chi connectivity index (χ4v) is 2.08. The van der Waals surface area contributed by atoms with E-state index in [0.717, 1.165) is 0 Å². The molecule has 0 saturated heterocycles. The van der Waals surface area contributed by atoms with E-state index in [1.807, 2.05) is 0 Å². The van der Waals surface area contributed by atoms with Gasteiger partial charge in [-0.05, 0) is 6.42 Å². The monoisotopic (exact) mass is 304 g/mol. The van der Waals surface area contributed by atoms with Gasteiger partial charge in [0.15, 0.2) is 0 Å². The van der Waals surface area contributed by atoms with Gasteiger partial charge in [0.05, 0.1) is 5.92 Å². The van der Waals surface area contributed by atoms with Crippen molar-refractivity contribution in [1.82, 2.24) is 0 Å². The predicted molar refractivity (Wildman–Crippen MR) is 52.1 cm³/mol. The zero-order valence-electron chi connectivity index (χ0n) is 7.23. The third kappa shape index (κ3) is 2.51. The molecule has 13 heavy (non-hydrogen) atoms. The van der Waals surface area contributed by atoms with Crippen LogP contribution in [0.2, 0.25) is 0 Å². The summed E-state index contributed by atoms with van der Waals surface area (Å²) < 4.78 is 31.1. The van der Waals surface area contributed by atoms with Crippen molar-refractivity contribution in [3.8, 4) is 0 Å². The van der Waals surface area contributed by atoms with Crippen molar-refractivity contribution in [3.63, 3.8) is 0 Å². The van der Waals surface area contributed by atoms with Crippen molar-refractivity contribution in [3.05, 3.63) is 0 Å². The Morgan fingerprint density at radius 2 is 2.15 bits per heavy atom. The van der Waals surface area contributed by atoms with Gasteiger partial charge in [0.2, 0.25) is 0 Å². The fourth-order valence-electron chi connectivity index (χ4n) is 1.41. The summed E-state index contributed by atoms with van der Waals surface area (Å²) >= 11 is 2.07. The molecular weight excluding hydrogens is 293 g/mol. The molecule has 0 heterocycles. The van der Waals surface area contributed by atoms with Gasteiger partial charge in [-0.3, -0.25) is 4.79 Å². The van der Waals surface area contributed by atoms with Crippen LogP contribution in [0.5, 0.6) is 0 Å². The minimum atomic E-state index is -2.61. The highest BCUT2D eigenvalue weighted by Crippen LogP contribution is 2.57. The molecule has 2 atom stereocenters. The third-order valence-corrected chi connectivity index (χ3v) is 2.87. The third-order valence-electron chi connectivity index (χ3n) is 2.25. The average molecular weight is 304 g/mol. The second-order valence-electron chi connectivity index (χ2n) is 3.17. The molecule has 0 radical (unpaired) electrons. The molecule has 1 fully saturated rings. The average Bonchev–Trinajstić information content (AvgIpc) is 2.51. The van der Waals surface area contributed by atoms with Crippen molar-refractivity contribution in [1.29, 1.82) is 0 Å². The Hall–Kier alpha value is 0.0600. The highest BCUT2D eigenvalue weighted by molar-refractivity contribution is 14.1. The number of carbonyl (C=O) groups is 1. The van der Waals surface area contributed by atoms with Crippen molar-refractivity contribution in [2.45, 2.75) is 19.3 Å². The number of hydrogen-bond donors (Lipinski definition) is 0. The number of alkyl halides is 3. The molecule has 76 valence electrons. The maximum atomic E-state index is 12.9. The van der Waals surface area contributed by atoms with Crippen LogP contribution in [-0.4, -0.2) is 22.9 Å². The number of halogens is 3. The highest BCUT2D eigenvalue weighted by Gasteiger charge is 2.67. The lowest BCUT2D eigenvalue weighted by Crippen LogP contribution is -2.06. The molecule has 0 unspecified atom stereocenters. The Labute approximate surface area is 89.2 Å². The van der Waals surface area contributed by atoms with E-state index in [4.69, 9.17) is 0 Å². The van der Waals surface area contributed by atoms with Gasteiger partial charge in [0.1, 0.15) is 6.61 Å². The topological polar surface area (TPSA) is 26.3 Å². The molecule has 0 aromatic rings. The minimum absolute atomic E-state index is 0.135. The molecule has 0 aromatic carbocycles. The quantitative estimate of drug-likeness (QED) is 0.452. The molecule has 0 aromatic heterocycles. The van der Waals surface area contributed by atoms with E-state index in [2.05, 4.69) is 27.3 Å². The Kier molecular flexibility index (Phi) is 3.48. The Morgan fingerprint density at radius 1 is 1.54 bits per heavy atom. The van der Waals surface area contributed by atoms with Crippen molar-refractivity contribution >= 4 is 28.6 Å². The van der Waals surface area contributed by atoms with Crippen molar-refractivity contribution in [2.75, 3.05) is 11.0 Å². The predicted octanol–water partition coefficient (Wildman–Crippen LogP) is 2.26. The Morgan fingerprint density at radius 3 is 2.62 bits per heavy atom. The number of carbonyl (C=O) groups excluding carboxylic acids is 1. The second kappa shape index (κ2) is 4.06. The fraction of sp³-hybridized carbons (Fsp3) is 0.875. The normalized spacial score (nSPS) is 29.8. The zero-order valence-corrected chi connectivity index (χ0v) is 9.38. The molecule has 0 bridgehead atoms. The molecule has 0 N–H and O–H groups in total. The van der Waals surface area contributed by atoms with Gasteiger partial charge >= 0.3 is 5.97 Å². The lowest BCUT2D eigenvalue weighted by Gasteiger charge is -1.98. The standard InChI is InChI=1S/C8H11F2IO2/c1-5(12)13-4-7-6(2-3-11)8(7,9)10/h6-7H,2-4H2,1H3/t6-,7+/m1/s1. The summed E-state index contributed by atoms with van der Waals surface area (Å²) in [6.07, 6.45) is 0.499. The first kappa shape index (κ1) is 11.1. The van der Waals surface area contributed by atoms with Gasteiger partial charge < -0.3 is 4.74 Å². The van der Waals surface area contributed by atoms with Gasteiger partial charge in [-0.2, -0.15) is 0 Å². The van der Waals surface area contributed by atoms with Gasteiger partial charge in [-0.25, -0.2) is 8.78 Å².